The largest absolute Gasteiger partial charge is 0.358 e. The molecule has 25 heavy (non-hydrogen) atoms. The van der Waals surface area contributed by atoms with Crippen LogP contribution >= 0.6 is 11.3 Å². The van der Waals surface area contributed by atoms with E-state index in [1.54, 1.807) is 0 Å². The summed E-state index contributed by atoms with van der Waals surface area (Å²) in [7, 11) is 4.13. The Labute approximate surface area is 151 Å². The molecule has 2 aromatic heterocycles. The van der Waals surface area contributed by atoms with Crippen LogP contribution in [0.25, 0.3) is 4.96 Å². The van der Waals surface area contributed by atoms with Gasteiger partial charge in [0.15, 0.2) is 0 Å². The van der Waals surface area contributed by atoms with Crippen LogP contribution in [0.5, 0.6) is 0 Å². The molecule has 0 saturated heterocycles. The second kappa shape index (κ2) is 7.33. The summed E-state index contributed by atoms with van der Waals surface area (Å²) in [6, 6.07) is 10.4. The Balaban J connectivity index is 1.79. The predicted octanol–water partition coefficient (Wildman–Crippen LogP) is 2.74. The van der Waals surface area contributed by atoms with Gasteiger partial charge in [0.1, 0.15) is 0 Å². The van der Waals surface area contributed by atoms with Crippen LogP contribution in [0.4, 0.5) is 5.13 Å². The molecule has 0 aliphatic rings. The van der Waals surface area contributed by atoms with Crippen LogP contribution in [0.15, 0.2) is 35.1 Å². The molecule has 6 nitrogen and oxygen atoms in total. The lowest BCUT2D eigenvalue weighted by Gasteiger charge is -2.25. The summed E-state index contributed by atoms with van der Waals surface area (Å²) < 4.78 is 1.35. The Hall–Kier alpha value is -2.25. The highest BCUT2D eigenvalue weighted by Gasteiger charge is 2.15. The van der Waals surface area contributed by atoms with Crippen molar-refractivity contribution < 1.29 is 0 Å². The van der Waals surface area contributed by atoms with Gasteiger partial charge in [-0.1, -0.05) is 42.5 Å². The average Bonchev–Trinajstić information content (AvgIpc) is 2.98. The molecule has 1 atom stereocenters. The van der Waals surface area contributed by atoms with Gasteiger partial charge in [0, 0.05) is 18.3 Å². The molecule has 0 aliphatic heterocycles. The third kappa shape index (κ3) is 3.88. The fourth-order valence-corrected chi connectivity index (χ4v) is 3.61. The summed E-state index contributed by atoms with van der Waals surface area (Å²) in [6.45, 7) is 4.67. The first-order valence-electron chi connectivity index (χ1n) is 8.34. The molecule has 0 saturated carbocycles. The molecule has 0 radical (unpaired) electrons. The van der Waals surface area contributed by atoms with E-state index in [-0.39, 0.29) is 11.6 Å². The summed E-state index contributed by atoms with van der Waals surface area (Å²) >= 11 is 1.39. The van der Waals surface area contributed by atoms with Crippen LogP contribution in [0.3, 0.4) is 0 Å². The lowest BCUT2D eigenvalue weighted by Crippen LogP contribution is -2.27. The van der Waals surface area contributed by atoms with Gasteiger partial charge in [0.25, 0.3) is 5.56 Å². The van der Waals surface area contributed by atoms with E-state index in [1.165, 1.54) is 33.0 Å². The fourth-order valence-electron chi connectivity index (χ4n) is 2.75. The van der Waals surface area contributed by atoms with Crippen molar-refractivity contribution in [3.8, 4) is 0 Å². The molecule has 0 unspecified atom stereocenters. The summed E-state index contributed by atoms with van der Waals surface area (Å²) in [6.07, 6.45) is 1.04. The van der Waals surface area contributed by atoms with Gasteiger partial charge in [0.05, 0.1) is 6.04 Å². The van der Waals surface area contributed by atoms with Crippen molar-refractivity contribution in [2.75, 3.05) is 26.0 Å². The minimum absolute atomic E-state index is 0.147. The highest BCUT2D eigenvalue weighted by molar-refractivity contribution is 7.20. The fraction of sp³-hybridized carbons (Fsp3) is 0.389. The average molecular weight is 357 g/mol. The molecule has 0 bridgehead atoms. The van der Waals surface area contributed by atoms with E-state index in [9.17, 15) is 4.79 Å². The zero-order valence-electron chi connectivity index (χ0n) is 15.0. The van der Waals surface area contributed by atoms with Crippen molar-refractivity contribution in [2.24, 2.45) is 0 Å². The second-order valence-electron chi connectivity index (χ2n) is 6.29. The van der Waals surface area contributed by atoms with Crippen molar-refractivity contribution >= 4 is 21.4 Å². The monoisotopic (exact) mass is 357 g/mol. The highest BCUT2D eigenvalue weighted by atomic mass is 32.1. The smallest absolute Gasteiger partial charge is 0.275 e. The van der Waals surface area contributed by atoms with Crippen LogP contribution in [-0.4, -0.2) is 40.1 Å². The van der Waals surface area contributed by atoms with Gasteiger partial charge in [-0.15, -0.1) is 5.10 Å². The lowest BCUT2D eigenvalue weighted by atomic mass is 10.0. The van der Waals surface area contributed by atoms with Gasteiger partial charge >= 0.3 is 0 Å². The van der Waals surface area contributed by atoms with E-state index in [2.05, 4.69) is 65.6 Å². The number of hydrogen-bond acceptors (Lipinski definition) is 6. The summed E-state index contributed by atoms with van der Waals surface area (Å²) in [5, 5.41) is 8.39. The molecule has 0 fully saturated rings. The summed E-state index contributed by atoms with van der Waals surface area (Å²) in [4.78, 5) is 19.1. The SMILES string of the molecule is CCc1ccc([C@@H](CNc2nn3c(=O)cc(C)nc3s2)N(C)C)cc1. The molecule has 1 aromatic carbocycles. The molecule has 2 heterocycles. The number of benzene rings is 1. The van der Waals surface area contributed by atoms with Crippen molar-refractivity contribution in [1.82, 2.24) is 19.5 Å². The number of nitrogens with zero attached hydrogens (tertiary/aromatic N) is 4. The molecular formula is C18H23N5OS. The van der Waals surface area contributed by atoms with Gasteiger partial charge in [-0.25, -0.2) is 4.98 Å². The minimum Gasteiger partial charge on any atom is -0.358 e. The van der Waals surface area contributed by atoms with E-state index in [1.807, 2.05) is 6.92 Å². The number of aryl methyl sites for hydroxylation is 2. The maximum Gasteiger partial charge on any atom is 0.275 e. The number of nitrogens with one attached hydrogen (secondary N) is 1. The standard InChI is InChI=1S/C18H23N5OS/c1-5-13-6-8-14(9-7-13)15(22(3)4)11-19-17-21-23-16(24)10-12(2)20-18(23)25-17/h6-10,15H,5,11H2,1-4H3,(H,19,21)/t15-/m1/s1. The van der Waals surface area contributed by atoms with Crippen LogP contribution in [0, 0.1) is 6.92 Å². The Kier molecular flexibility index (Phi) is 5.15. The van der Waals surface area contributed by atoms with E-state index < -0.39 is 0 Å². The van der Waals surface area contributed by atoms with Gasteiger partial charge in [-0.3, -0.25) is 4.79 Å². The third-order valence-corrected chi connectivity index (χ3v) is 5.08. The van der Waals surface area contributed by atoms with E-state index >= 15 is 0 Å². The highest BCUT2D eigenvalue weighted by Crippen LogP contribution is 2.22. The van der Waals surface area contributed by atoms with Gasteiger partial charge in [0.2, 0.25) is 10.1 Å². The van der Waals surface area contributed by atoms with Crippen LogP contribution in [0.2, 0.25) is 0 Å². The first kappa shape index (κ1) is 17.6. The Morgan fingerprint density at radius 3 is 2.64 bits per heavy atom. The van der Waals surface area contributed by atoms with Gasteiger partial charge in [-0.2, -0.15) is 4.52 Å². The minimum atomic E-state index is -0.147. The normalized spacial score (nSPS) is 12.7. The van der Waals surface area contributed by atoms with Crippen molar-refractivity contribution in [3.63, 3.8) is 0 Å². The van der Waals surface area contributed by atoms with Crippen molar-refractivity contribution in [2.45, 2.75) is 26.3 Å². The van der Waals surface area contributed by atoms with Crippen LogP contribution in [0.1, 0.15) is 29.8 Å². The van der Waals surface area contributed by atoms with Crippen LogP contribution < -0.4 is 10.9 Å². The maximum absolute atomic E-state index is 12.0. The number of fused-ring (bicyclic) bond motifs is 1. The quantitative estimate of drug-likeness (QED) is 0.735. The van der Waals surface area contributed by atoms with Crippen molar-refractivity contribution in [3.05, 3.63) is 57.5 Å². The predicted molar refractivity (Wildman–Crippen MR) is 103 cm³/mol. The number of anilines is 1. The molecule has 0 aliphatic carbocycles. The van der Waals surface area contributed by atoms with E-state index in [0.717, 1.165) is 6.42 Å². The molecule has 132 valence electrons. The summed E-state index contributed by atoms with van der Waals surface area (Å²) in [5.41, 5.74) is 3.15. The van der Waals surface area contributed by atoms with E-state index in [0.29, 0.717) is 22.3 Å². The Bertz CT molecular complexity index is 913. The molecule has 1 N–H and O–H groups in total. The van der Waals surface area contributed by atoms with Crippen LogP contribution in [-0.2, 0) is 6.42 Å². The number of likely N-dealkylation sites (N-methyl/N-ethyl adjacent to an activating group) is 1. The molecule has 0 amide bonds. The molecule has 7 heteroatoms. The first-order chi connectivity index (χ1) is 12.0. The number of hydrogen-bond donors (Lipinski definition) is 1. The Morgan fingerprint density at radius 1 is 1.28 bits per heavy atom. The first-order valence-corrected chi connectivity index (χ1v) is 9.16. The Morgan fingerprint density at radius 2 is 2.00 bits per heavy atom. The third-order valence-electron chi connectivity index (χ3n) is 4.22. The topological polar surface area (TPSA) is 62.5 Å². The van der Waals surface area contributed by atoms with Crippen molar-refractivity contribution in [1.29, 1.82) is 0 Å². The second-order valence-corrected chi connectivity index (χ2v) is 7.25. The molecule has 0 spiro atoms. The molecule has 3 aromatic rings. The van der Waals surface area contributed by atoms with Gasteiger partial charge < -0.3 is 10.2 Å². The van der Waals surface area contributed by atoms with Gasteiger partial charge in [-0.05, 0) is 38.6 Å². The number of aromatic nitrogens is 3. The zero-order valence-corrected chi connectivity index (χ0v) is 15.8. The summed E-state index contributed by atoms with van der Waals surface area (Å²) in [5.74, 6) is 0. The maximum atomic E-state index is 12.0. The zero-order chi connectivity index (χ0) is 18.0. The van der Waals surface area contributed by atoms with E-state index in [4.69, 9.17) is 0 Å². The molecular weight excluding hydrogens is 334 g/mol. The number of rotatable bonds is 6. The molecule has 3 rings (SSSR count). The lowest BCUT2D eigenvalue weighted by molar-refractivity contribution is 0.311.